The van der Waals surface area contributed by atoms with Crippen LogP contribution in [-0.2, 0) is 4.74 Å². The fourth-order valence-corrected chi connectivity index (χ4v) is 4.19. The van der Waals surface area contributed by atoms with Crippen LogP contribution in [0.4, 0.5) is 0 Å². The molecule has 1 atom stereocenters. The average molecular weight is 296 g/mol. The van der Waals surface area contributed by atoms with E-state index in [0.717, 1.165) is 19.1 Å². The minimum absolute atomic E-state index is 0.291. The van der Waals surface area contributed by atoms with Gasteiger partial charge in [0.25, 0.3) is 0 Å². The Morgan fingerprint density at radius 2 is 1.95 bits per heavy atom. The van der Waals surface area contributed by atoms with Gasteiger partial charge < -0.3 is 10.5 Å². The van der Waals surface area contributed by atoms with Crippen molar-refractivity contribution in [2.75, 3.05) is 26.2 Å². The molecule has 0 aromatic rings. The lowest BCUT2D eigenvalue weighted by atomic mass is 9.75. The normalized spacial score (nSPS) is 33.7. The van der Waals surface area contributed by atoms with Gasteiger partial charge in [0.05, 0.1) is 6.10 Å². The lowest BCUT2D eigenvalue weighted by Crippen LogP contribution is -2.56. The Morgan fingerprint density at radius 1 is 1.19 bits per heavy atom. The molecule has 0 amide bonds. The van der Waals surface area contributed by atoms with Gasteiger partial charge in [0.1, 0.15) is 0 Å². The first kappa shape index (κ1) is 17.2. The van der Waals surface area contributed by atoms with E-state index in [1.54, 1.807) is 0 Å². The van der Waals surface area contributed by atoms with Gasteiger partial charge in [-0.2, -0.15) is 0 Å². The standard InChI is InChI=1S/C18H36N2O/c1-3-12-20(13-4-6-17-7-5-14-21-17)18(15-19)10-8-16(2)9-11-18/h16-17H,3-15,19H2,1-2H3. The zero-order valence-electron chi connectivity index (χ0n) is 14.3. The highest BCUT2D eigenvalue weighted by molar-refractivity contribution is 4.95. The second-order valence-corrected chi connectivity index (χ2v) is 7.38. The molecule has 1 saturated carbocycles. The van der Waals surface area contributed by atoms with Crippen LogP contribution in [0, 0.1) is 5.92 Å². The van der Waals surface area contributed by atoms with E-state index in [0.29, 0.717) is 11.6 Å². The van der Waals surface area contributed by atoms with Crippen molar-refractivity contribution in [2.45, 2.75) is 83.3 Å². The minimum atomic E-state index is 0.291. The molecule has 0 bridgehead atoms. The maximum atomic E-state index is 6.24. The topological polar surface area (TPSA) is 38.5 Å². The Morgan fingerprint density at radius 3 is 2.52 bits per heavy atom. The molecule has 2 aliphatic rings. The quantitative estimate of drug-likeness (QED) is 0.744. The number of hydrogen-bond donors (Lipinski definition) is 1. The summed E-state index contributed by atoms with van der Waals surface area (Å²) >= 11 is 0. The van der Waals surface area contributed by atoms with Crippen molar-refractivity contribution in [3.63, 3.8) is 0 Å². The number of ether oxygens (including phenoxy) is 1. The maximum absolute atomic E-state index is 6.24. The molecular weight excluding hydrogens is 260 g/mol. The Labute approximate surface area is 131 Å². The van der Waals surface area contributed by atoms with Crippen LogP contribution in [0.3, 0.4) is 0 Å². The van der Waals surface area contributed by atoms with Gasteiger partial charge in [0.15, 0.2) is 0 Å². The van der Waals surface area contributed by atoms with Gasteiger partial charge in [-0.15, -0.1) is 0 Å². The summed E-state index contributed by atoms with van der Waals surface area (Å²) in [6, 6.07) is 0. The van der Waals surface area contributed by atoms with Crippen molar-refractivity contribution in [3.8, 4) is 0 Å². The number of nitrogens with two attached hydrogens (primary N) is 1. The minimum Gasteiger partial charge on any atom is -0.378 e. The molecule has 0 aromatic carbocycles. The molecule has 3 heteroatoms. The summed E-state index contributed by atoms with van der Waals surface area (Å²) in [5.41, 5.74) is 6.53. The Bertz CT molecular complexity index is 281. The van der Waals surface area contributed by atoms with E-state index >= 15 is 0 Å². The van der Waals surface area contributed by atoms with Crippen LogP contribution in [0.25, 0.3) is 0 Å². The van der Waals surface area contributed by atoms with Gasteiger partial charge in [-0.1, -0.05) is 13.8 Å². The lowest BCUT2D eigenvalue weighted by Gasteiger charge is -2.47. The molecular formula is C18H36N2O. The van der Waals surface area contributed by atoms with Gasteiger partial charge in [0.2, 0.25) is 0 Å². The summed E-state index contributed by atoms with van der Waals surface area (Å²) in [6.45, 7) is 8.91. The lowest BCUT2D eigenvalue weighted by molar-refractivity contribution is 0.0369. The molecule has 0 spiro atoms. The van der Waals surface area contributed by atoms with E-state index in [4.69, 9.17) is 10.5 Å². The molecule has 1 aliphatic heterocycles. The molecule has 1 unspecified atom stereocenters. The second-order valence-electron chi connectivity index (χ2n) is 7.38. The molecule has 1 heterocycles. The van der Waals surface area contributed by atoms with Gasteiger partial charge in [-0.05, 0) is 76.8 Å². The van der Waals surface area contributed by atoms with E-state index < -0.39 is 0 Å². The summed E-state index contributed by atoms with van der Waals surface area (Å²) in [7, 11) is 0. The fourth-order valence-electron chi connectivity index (χ4n) is 4.19. The fraction of sp³-hybridized carbons (Fsp3) is 1.00. The zero-order chi connectivity index (χ0) is 15.1. The van der Waals surface area contributed by atoms with Gasteiger partial charge in [0, 0.05) is 18.7 Å². The highest BCUT2D eigenvalue weighted by atomic mass is 16.5. The summed E-state index contributed by atoms with van der Waals surface area (Å²) < 4.78 is 5.76. The molecule has 2 rings (SSSR count). The predicted octanol–water partition coefficient (Wildman–Crippen LogP) is 3.57. The molecule has 21 heavy (non-hydrogen) atoms. The molecule has 0 aromatic heterocycles. The van der Waals surface area contributed by atoms with Crippen LogP contribution in [-0.4, -0.2) is 42.8 Å². The molecule has 124 valence electrons. The molecule has 2 N–H and O–H groups in total. The third-order valence-corrected chi connectivity index (χ3v) is 5.73. The van der Waals surface area contributed by atoms with Crippen molar-refractivity contribution >= 4 is 0 Å². The van der Waals surface area contributed by atoms with Crippen LogP contribution < -0.4 is 5.73 Å². The first-order valence-electron chi connectivity index (χ1n) is 9.27. The van der Waals surface area contributed by atoms with E-state index in [2.05, 4.69) is 18.7 Å². The first-order chi connectivity index (χ1) is 10.2. The Balaban J connectivity index is 1.85. The third kappa shape index (κ3) is 4.67. The monoisotopic (exact) mass is 296 g/mol. The Hall–Kier alpha value is -0.120. The molecule has 2 fully saturated rings. The second kappa shape index (κ2) is 8.50. The van der Waals surface area contributed by atoms with Crippen LogP contribution in [0.1, 0.15) is 71.6 Å². The van der Waals surface area contributed by atoms with Crippen LogP contribution in [0.5, 0.6) is 0 Å². The summed E-state index contributed by atoms with van der Waals surface area (Å²) in [5, 5.41) is 0. The van der Waals surface area contributed by atoms with E-state index in [1.165, 1.54) is 70.9 Å². The van der Waals surface area contributed by atoms with Crippen molar-refractivity contribution in [2.24, 2.45) is 11.7 Å². The summed E-state index contributed by atoms with van der Waals surface area (Å²) in [4.78, 5) is 2.73. The average Bonchev–Trinajstić information content (AvgIpc) is 3.01. The van der Waals surface area contributed by atoms with E-state index in [9.17, 15) is 0 Å². The number of rotatable bonds is 8. The van der Waals surface area contributed by atoms with Crippen molar-refractivity contribution in [1.29, 1.82) is 0 Å². The van der Waals surface area contributed by atoms with E-state index in [1.807, 2.05) is 0 Å². The van der Waals surface area contributed by atoms with Crippen LogP contribution in [0.15, 0.2) is 0 Å². The predicted molar refractivity (Wildman–Crippen MR) is 89.5 cm³/mol. The summed E-state index contributed by atoms with van der Waals surface area (Å²) in [6.07, 6.45) is 12.1. The third-order valence-electron chi connectivity index (χ3n) is 5.73. The first-order valence-corrected chi connectivity index (χ1v) is 9.27. The van der Waals surface area contributed by atoms with Crippen molar-refractivity contribution in [1.82, 2.24) is 4.90 Å². The molecule has 3 nitrogen and oxygen atoms in total. The molecule has 1 aliphatic carbocycles. The number of hydrogen-bond acceptors (Lipinski definition) is 3. The van der Waals surface area contributed by atoms with Crippen molar-refractivity contribution in [3.05, 3.63) is 0 Å². The SMILES string of the molecule is CCCN(CCCC1CCCO1)C1(CN)CCC(C)CC1. The largest absolute Gasteiger partial charge is 0.378 e. The smallest absolute Gasteiger partial charge is 0.0576 e. The van der Waals surface area contributed by atoms with E-state index in [-0.39, 0.29) is 0 Å². The highest BCUT2D eigenvalue weighted by Gasteiger charge is 2.37. The zero-order valence-corrected chi connectivity index (χ0v) is 14.3. The number of nitrogens with zero attached hydrogens (tertiary/aromatic N) is 1. The van der Waals surface area contributed by atoms with Crippen LogP contribution >= 0.6 is 0 Å². The molecule has 1 saturated heterocycles. The molecule has 0 radical (unpaired) electrons. The highest BCUT2D eigenvalue weighted by Crippen LogP contribution is 2.36. The van der Waals surface area contributed by atoms with Crippen LogP contribution in [0.2, 0.25) is 0 Å². The maximum Gasteiger partial charge on any atom is 0.0576 e. The van der Waals surface area contributed by atoms with Crippen molar-refractivity contribution < 1.29 is 4.74 Å². The van der Waals surface area contributed by atoms with Gasteiger partial charge >= 0.3 is 0 Å². The van der Waals surface area contributed by atoms with Gasteiger partial charge in [-0.25, -0.2) is 0 Å². The Kier molecular flexibility index (Phi) is 6.97. The summed E-state index contributed by atoms with van der Waals surface area (Å²) in [5.74, 6) is 0.889. The van der Waals surface area contributed by atoms with Gasteiger partial charge in [-0.3, -0.25) is 4.90 Å².